The first kappa shape index (κ1) is 12.4. The van der Waals surface area contributed by atoms with Crippen LogP contribution in [0.2, 0.25) is 0 Å². The van der Waals surface area contributed by atoms with Crippen LogP contribution in [-0.4, -0.2) is 24.8 Å². The second-order valence-electron chi connectivity index (χ2n) is 3.99. The number of nitrogens with one attached hydrogen (secondary N) is 1. The van der Waals surface area contributed by atoms with Crippen LogP contribution in [0, 0.1) is 11.3 Å². The minimum Gasteiger partial charge on any atom is -0.376 e. The molecule has 0 heterocycles. The fourth-order valence-corrected chi connectivity index (χ4v) is 0.942. The molecule has 0 aromatic rings. The molecule has 3 nitrogen and oxygen atoms in total. The normalized spacial score (nSPS) is 13.8. The molecule has 3 heteroatoms. The molecule has 1 atom stereocenters. The van der Waals surface area contributed by atoms with Gasteiger partial charge in [0.25, 0.3) is 0 Å². The van der Waals surface area contributed by atoms with Crippen molar-refractivity contribution in [3.8, 4) is 6.07 Å². The average Bonchev–Trinajstić information content (AvgIpc) is 2.01. The van der Waals surface area contributed by atoms with Crippen LogP contribution in [0.1, 0.15) is 34.1 Å². The first-order valence-electron chi connectivity index (χ1n) is 4.76. The first-order chi connectivity index (χ1) is 5.99. The summed E-state index contributed by atoms with van der Waals surface area (Å²) < 4.78 is 5.52. The van der Waals surface area contributed by atoms with E-state index in [1.165, 1.54) is 0 Å². The zero-order chi connectivity index (χ0) is 10.3. The number of hydrogen-bond acceptors (Lipinski definition) is 3. The maximum Gasteiger partial charge on any atom is 0.0974 e. The summed E-state index contributed by atoms with van der Waals surface area (Å²) in [5.74, 6) is 0. The van der Waals surface area contributed by atoms with Gasteiger partial charge in [-0.25, -0.2) is 0 Å². The van der Waals surface area contributed by atoms with Crippen molar-refractivity contribution in [3.63, 3.8) is 0 Å². The maximum absolute atomic E-state index is 8.72. The van der Waals surface area contributed by atoms with Gasteiger partial charge in [0.2, 0.25) is 0 Å². The van der Waals surface area contributed by atoms with E-state index in [0.717, 1.165) is 13.0 Å². The maximum atomic E-state index is 8.72. The third kappa shape index (κ3) is 7.76. The number of rotatable bonds is 5. The van der Waals surface area contributed by atoms with Gasteiger partial charge in [0.1, 0.15) is 0 Å². The van der Waals surface area contributed by atoms with Crippen LogP contribution in [0.25, 0.3) is 0 Å². The third-order valence-electron chi connectivity index (χ3n) is 1.55. The molecule has 1 unspecified atom stereocenters. The van der Waals surface area contributed by atoms with Gasteiger partial charge in [-0.3, -0.25) is 0 Å². The third-order valence-corrected chi connectivity index (χ3v) is 1.55. The highest BCUT2D eigenvalue weighted by Gasteiger charge is 2.11. The van der Waals surface area contributed by atoms with Crippen LogP contribution in [0.3, 0.4) is 0 Å². The van der Waals surface area contributed by atoms with Crippen molar-refractivity contribution < 1.29 is 4.74 Å². The molecule has 0 aliphatic rings. The number of hydrogen-bond donors (Lipinski definition) is 1. The van der Waals surface area contributed by atoms with Gasteiger partial charge in [0.05, 0.1) is 17.7 Å². The molecule has 0 rings (SSSR count). The Kier molecular flexibility index (Phi) is 5.68. The predicted octanol–water partition coefficient (Wildman–Crippen LogP) is 1.69. The van der Waals surface area contributed by atoms with E-state index in [-0.39, 0.29) is 11.6 Å². The Bertz CT molecular complexity index is 167. The van der Waals surface area contributed by atoms with Gasteiger partial charge in [-0.2, -0.15) is 5.26 Å². The molecule has 0 spiro atoms. The topological polar surface area (TPSA) is 45.0 Å². The van der Waals surface area contributed by atoms with Crippen LogP contribution in [0.15, 0.2) is 0 Å². The van der Waals surface area contributed by atoms with E-state index in [1.54, 1.807) is 0 Å². The molecule has 0 amide bonds. The smallest absolute Gasteiger partial charge is 0.0974 e. The average molecular weight is 184 g/mol. The van der Waals surface area contributed by atoms with Crippen LogP contribution in [-0.2, 0) is 4.74 Å². The fraction of sp³-hybridized carbons (Fsp3) is 0.900. The second-order valence-corrected chi connectivity index (χ2v) is 3.99. The minimum atomic E-state index is -0.105. The first-order valence-corrected chi connectivity index (χ1v) is 4.76. The van der Waals surface area contributed by atoms with Gasteiger partial charge in [0.15, 0.2) is 0 Å². The minimum absolute atomic E-state index is 0.0765. The van der Waals surface area contributed by atoms with E-state index in [2.05, 4.69) is 11.4 Å². The Morgan fingerprint density at radius 1 is 1.46 bits per heavy atom. The molecule has 0 aliphatic heterocycles. The quantitative estimate of drug-likeness (QED) is 0.707. The van der Waals surface area contributed by atoms with Crippen molar-refractivity contribution in [2.24, 2.45) is 0 Å². The summed E-state index contributed by atoms with van der Waals surface area (Å²) in [6, 6.07) is 2.12. The van der Waals surface area contributed by atoms with E-state index in [9.17, 15) is 0 Å². The Morgan fingerprint density at radius 3 is 2.46 bits per heavy atom. The summed E-state index contributed by atoms with van der Waals surface area (Å²) in [6.07, 6.45) is 0.752. The lowest BCUT2D eigenvalue weighted by Gasteiger charge is -2.20. The molecule has 0 bridgehead atoms. The van der Waals surface area contributed by atoms with Crippen molar-refractivity contribution in [2.45, 2.75) is 45.8 Å². The zero-order valence-corrected chi connectivity index (χ0v) is 9.05. The van der Waals surface area contributed by atoms with E-state index in [1.807, 2.05) is 27.7 Å². The molecule has 0 aromatic heterocycles. The van der Waals surface area contributed by atoms with Gasteiger partial charge in [-0.05, 0) is 33.7 Å². The predicted molar refractivity (Wildman–Crippen MR) is 53.4 cm³/mol. The van der Waals surface area contributed by atoms with E-state index < -0.39 is 0 Å². The highest BCUT2D eigenvalue weighted by Crippen LogP contribution is 2.07. The number of nitrogens with zero attached hydrogens (tertiary/aromatic N) is 1. The van der Waals surface area contributed by atoms with Gasteiger partial charge < -0.3 is 10.1 Å². The second kappa shape index (κ2) is 5.95. The lowest BCUT2D eigenvalue weighted by atomic mass is 10.2. The van der Waals surface area contributed by atoms with Crippen molar-refractivity contribution in [1.82, 2.24) is 5.32 Å². The highest BCUT2D eigenvalue weighted by atomic mass is 16.5. The van der Waals surface area contributed by atoms with Crippen molar-refractivity contribution in [2.75, 3.05) is 13.2 Å². The molecule has 0 aliphatic carbocycles. The molecule has 76 valence electrons. The molecular formula is C10H20N2O. The molecule has 0 radical (unpaired) electrons. The summed E-state index contributed by atoms with van der Waals surface area (Å²) in [6.45, 7) is 9.50. The van der Waals surface area contributed by atoms with Crippen LogP contribution in [0.5, 0.6) is 0 Å². The summed E-state index contributed by atoms with van der Waals surface area (Å²) >= 11 is 0. The Hall–Kier alpha value is -0.590. The van der Waals surface area contributed by atoms with Gasteiger partial charge >= 0.3 is 0 Å². The Balaban J connectivity index is 3.57. The van der Waals surface area contributed by atoms with Gasteiger partial charge in [0, 0.05) is 6.61 Å². The number of ether oxygens (including phenoxy) is 1. The fourth-order valence-electron chi connectivity index (χ4n) is 0.942. The number of nitriles is 1. The van der Waals surface area contributed by atoms with Gasteiger partial charge in [-0.15, -0.1) is 0 Å². The molecule has 0 fully saturated rings. The van der Waals surface area contributed by atoms with Crippen LogP contribution < -0.4 is 5.32 Å². The van der Waals surface area contributed by atoms with Crippen LogP contribution in [0.4, 0.5) is 0 Å². The monoisotopic (exact) mass is 184 g/mol. The summed E-state index contributed by atoms with van der Waals surface area (Å²) in [7, 11) is 0. The zero-order valence-electron chi connectivity index (χ0n) is 9.05. The van der Waals surface area contributed by atoms with E-state index >= 15 is 0 Å². The van der Waals surface area contributed by atoms with Gasteiger partial charge in [-0.1, -0.05) is 6.92 Å². The molecule has 0 aromatic carbocycles. The SMILES string of the molecule is CCNC(C#N)CCOC(C)(C)C. The molecule has 1 N–H and O–H groups in total. The summed E-state index contributed by atoms with van der Waals surface area (Å²) in [5, 5.41) is 11.8. The van der Waals surface area contributed by atoms with Crippen LogP contribution >= 0.6 is 0 Å². The van der Waals surface area contributed by atoms with Crippen molar-refractivity contribution >= 4 is 0 Å². The standard InChI is InChI=1S/C10H20N2O/c1-5-12-9(8-11)6-7-13-10(2,3)4/h9,12H,5-7H2,1-4H3. The molecule has 0 saturated carbocycles. The van der Waals surface area contributed by atoms with E-state index in [4.69, 9.17) is 10.00 Å². The van der Waals surface area contributed by atoms with E-state index in [0.29, 0.717) is 6.61 Å². The molecular weight excluding hydrogens is 164 g/mol. The molecule has 0 saturated heterocycles. The lowest BCUT2D eigenvalue weighted by Crippen LogP contribution is -2.30. The van der Waals surface area contributed by atoms with Crippen molar-refractivity contribution in [1.29, 1.82) is 5.26 Å². The highest BCUT2D eigenvalue weighted by molar-refractivity contribution is 4.89. The Morgan fingerprint density at radius 2 is 2.08 bits per heavy atom. The Labute approximate surface area is 81.1 Å². The van der Waals surface area contributed by atoms with Crippen molar-refractivity contribution in [3.05, 3.63) is 0 Å². The lowest BCUT2D eigenvalue weighted by molar-refractivity contribution is -0.00550. The largest absolute Gasteiger partial charge is 0.376 e. The summed E-state index contributed by atoms with van der Waals surface area (Å²) in [5.41, 5.74) is -0.105. The summed E-state index contributed by atoms with van der Waals surface area (Å²) in [4.78, 5) is 0. The molecule has 13 heavy (non-hydrogen) atoms.